The number of carbonyl (C=O) groups is 1. The van der Waals surface area contributed by atoms with Gasteiger partial charge in [0, 0.05) is 31.5 Å². The average molecular weight is 266 g/mol. The fourth-order valence-corrected chi connectivity index (χ4v) is 3.76. The molecule has 3 atom stereocenters. The van der Waals surface area contributed by atoms with E-state index in [0.717, 1.165) is 38.3 Å². The van der Waals surface area contributed by atoms with Crippen LogP contribution in [0.25, 0.3) is 0 Å². The third-order valence-electron chi connectivity index (χ3n) is 5.03. The first-order chi connectivity index (χ1) is 9.10. The zero-order chi connectivity index (χ0) is 13.8. The molecule has 3 heteroatoms. The van der Waals surface area contributed by atoms with Crippen LogP contribution in [0.1, 0.15) is 45.4 Å². The highest BCUT2D eigenvalue weighted by molar-refractivity contribution is 5.81. The van der Waals surface area contributed by atoms with Crippen molar-refractivity contribution >= 4 is 5.78 Å². The molecule has 0 N–H and O–H groups in total. The molecule has 0 spiro atoms. The number of likely N-dealkylation sites (N-methyl/N-ethyl adjacent to an activating group) is 1. The molecule has 1 heterocycles. The first-order valence-corrected chi connectivity index (χ1v) is 8.01. The highest BCUT2D eigenvalue weighted by atomic mass is 16.1. The molecule has 19 heavy (non-hydrogen) atoms. The van der Waals surface area contributed by atoms with Crippen LogP contribution in [0.3, 0.4) is 0 Å². The van der Waals surface area contributed by atoms with Crippen LogP contribution < -0.4 is 0 Å². The lowest BCUT2D eigenvalue weighted by molar-refractivity contribution is -0.126. The van der Waals surface area contributed by atoms with Crippen LogP contribution in [-0.2, 0) is 4.79 Å². The topological polar surface area (TPSA) is 23.6 Å². The Morgan fingerprint density at radius 2 is 2.11 bits per heavy atom. The summed E-state index contributed by atoms with van der Waals surface area (Å²) < 4.78 is 0. The molecule has 0 bridgehead atoms. The zero-order valence-electron chi connectivity index (χ0n) is 12.9. The van der Waals surface area contributed by atoms with E-state index in [4.69, 9.17) is 0 Å². The Morgan fingerprint density at radius 3 is 2.74 bits per heavy atom. The van der Waals surface area contributed by atoms with Crippen molar-refractivity contribution in [3.63, 3.8) is 0 Å². The lowest BCUT2D eigenvalue weighted by Crippen LogP contribution is -2.37. The molecule has 1 aliphatic carbocycles. The summed E-state index contributed by atoms with van der Waals surface area (Å²) in [6, 6.07) is 0.685. The van der Waals surface area contributed by atoms with E-state index in [1.54, 1.807) is 0 Å². The molecule has 2 fully saturated rings. The molecular weight excluding hydrogens is 236 g/mol. The predicted octanol–water partition coefficient (Wildman–Crippen LogP) is 2.41. The van der Waals surface area contributed by atoms with Crippen molar-refractivity contribution in [3.8, 4) is 0 Å². The monoisotopic (exact) mass is 266 g/mol. The predicted molar refractivity (Wildman–Crippen MR) is 79.3 cm³/mol. The molecule has 2 aliphatic rings. The third-order valence-corrected chi connectivity index (χ3v) is 5.03. The number of rotatable bonds is 5. The minimum atomic E-state index is 0.325. The standard InChI is InChI=1S/C16H30N2O/c1-4-5-13-6-7-16(19)14(10-13)11-18-9-8-15(12-18)17(2)3/h13-15H,4-12H2,1-3H3. The number of likely N-dealkylation sites (tertiary alicyclic amines) is 1. The highest BCUT2D eigenvalue weighted by Gasteiger charge is 2.32. The van der Waals surface area contributed by atoms with E-state index in [1.165, 1.54) is 25.8 Å². The Labute approximate surface area is 118 Å². The van der Waals surface area contributed by atoms with E-state index in [2.05, 4.69) is 30.8 Å². The lowest BCUT2D eigenvalue weighted by Gasteiger charge is -2.31. The van der Waals surface area contributed by atoms with Crippen LogP contribution in [-0.4, -0.2) is 55.4 Å². The summed E-state index contributed by atoms with van der Waals surface area (Å²) in [7, 11) is 4.33. The van der Waals surface area contributed by atoms with Crippen molar-refractivity contribution < 1.29 is 4.79 Å². The molecule has 0 aromatic rings. The zero-order valence-corrected chi connectivity index (χ0v) is 12.9. The van der Waals surface area contributed by atoms with Gasteiger partial charge in [0.15, 0.2) is 0 Å². The smallest absolute Gasteiger partial charge is 0.137 e. The number of nitrogens with zero attached hydrogens (tertiary/aromatic N) is 2. The molecule has 2 rings (SSSR count). The van der Waals surface area contributed by atoms with Gasteiger partial charge in [0.25, 0.3) is 0 Å². The Hall–Kier alpha value is -0.410. The van der Waals surface area contributed by atoms with Gasteiger partial charge < -0.3 is 9.80 Å². The summed E-state index contributed by atoms with van der Waals surface area (Å²) >= 11 is 0. The van der Waals surface area contributed by atoms with Gasteiger partial charge in [0.05, 0.1) is 0 Å². The van der Waals surface area contributed by atoms with E-state index in [1.807, 2.05) is 0 Å². The average Bonchev–Trinajstić information content (AvgIpc) is 2.82. The van der Waals surface area contributed by atoms with Crippen molar-refractivity contribution in [1.29, 1.82) is 0 Å². The summed E-state index contributed by atoms with van der Waals surface area (Å²) in [6.45, 7) is 5.59. The molecule has 1 saturated carbocycles. The highest BCUT2D eigenvalue weighted by Crippen LogP contribution is 2.31. The lowest BCUT2D eigenvalue weighted by atomic mass is 9.78. The van der Waals surface area contributed by atoms with Gasteiger partial charge in [-0.2, -0.15) is 0 Å². The van der Waals surface area contributed by atoms with Crippen LogP contribution in [0.4, 0.5) is 0 Å². The van der Waals surface area contributed by atoms with E-state index in [0.29, 0.717) is 17.7 Å². The van der Waals surface area contributed by atoms with Crippen molar-refractivity contribution in [2.45, 2.75) is 51.5 Å². The number of hydrogen-bond acceptors (Lipinski definition) is 3. The van der Waals surface area contributed by atoms with Crippen molar-refractivity contribution in [2.24, 2.45) is 11.8 Å². The van der Waals surface area contributed by atoms with E-state index < -0.39 is 0 Å². The fraction of sp³-hybridized carbons (Fsp3) is 0.938. The summed E-state index contributed by atoms with van der Waals surface area (Å²) in [5.74, 6) is 1.66. The second-order valence-electron chi connectivity index (χ2n) is 6.76. The van der Waals surface area contributed by atoms with Crippen LogP contribution >= 0.6 is 0 Å². The fourth-order valence-electron chi connectivity index (χ4n) is 3.76. The number of hydrogen-bond donors (Lipinski definition) is 0. The van der Waals surface area contributed by atoms with Gasteiger partial charge in [0.2, 0.25) is 0 Å². The maximum Gasteiger partial charge on any atom is 0.137 e. The Morgan fingerprint density at radius 1 is 1.32 bits per heavy atom. The summed E-state index contributed by atoms with van der Waals surface area (Å²) in [6.07, 6.45) is 6.95. The molecule has 0 aromatic heterocycles. The molecule has 1 saturated heterocycles. The summed E-state index contributed by atoms with van der Waals surface area (Å²) in [5.41, 5.74) is 0. The molecule has 3 nitrogen and oxygen atoms in total. The third kappa shape index (κ3) is 4.03. The molecule has 0 radical (unpaired) electrons. The Bertz CT molecular complexity index is 303. The van der Waals surface area contributed by atoms with Crippen LogP contribution in [0.2, 0.25) is 0 Å². The van der Waals surface area contributed by atoms with Crippen molar-refractivity contribution in [2.75, 3.05) is 33.7 Å². The molecule has 0 amide bonds. The minimum absolute atomic E-state index is 0.325. The largest absolute Gasteiger partial charge is 0.305 e. The van der Waals surface area contributed by atoms with Gasteiger partial charge >= 0.3 is 0 Å². The van der Waals surface area contributed by atoms with E-state index in [-0.39, 0.29) is 0 Å². The first-order valence-electron chi connectivity index (χ1n) is 8.01. The number of carbonyl (C=O) groups excluding carboxylic acids is 1. The maximum atomic E-state index is 12.1. The summed E-state index contributed by atoms with van der Waals surface area (Å²) in [5, 5.41) is 0. The Balaban J connectivity index is 1.82. The SMILES string of the molecule is CCCC1CCC(=O)C(CN2CCC(N(C)C)C2)C1. The van der Waals surface area contributed by atoms with Crippen LogP contribution in [0, 0.1) is 11.8 Å². The van der Waals surface area contributed by atoms with Gasteiger partial charge in [-0.1, -0.05) is 19.8 Å². The molecular formula is C16H30N2O. The maximum absolute atomic E-state index is 12.1. The second-order valence-corrected chi connectivity index (χ2v) is 6.76. The van der Waals surface area contributed by atoms with E-state index in [9.17, 15) is 4.79 Å². The first kappa shape index (κ1) is 15.0. The van der Waals surface area contributed by atoms with Gasteiger partial charge in [0.1, 0.15) is 5.78 Å². The van der Waals surface area contributed by atoms with Gasteiger partial charge in [-0.25, -0.2) is 0 Å². The molecule has 0 aromatic carbocycles. The van der Waals surface area contributed by atoms with Crippen LogP contribution in [0.15, 0.2) is 0 Å². The minimum Gasteiger partial charge on any atom is -0.305 e. The normalized spacial score (nSPS) is 33.3. The number of ketones is 1. The number of Topliss-reactive ketones (excluding diaryl/α,β-unsaturated/α-hetero) is 1. The van der Waals surface area contributed by atoms with Gasteiger partial charge in [-0.15, -0.1) is 0 Å². The molecule has 1 aliphatic heterocycles. The molecule has 110 valence electrons. The van der Waals surface area contributed by atoms with Crippen molar-refractivity contribution in [1.82, 2.24) is 9.80 Å². The van der Waals surface area contributed by atoms with Crippen LogP contribution in [0.5, 0.6) is 0 Å². The second kappa shape index (κ2) is 6.85. The summed E-state index contributed by atoms with van der Waals surface area (Å²) in [4.78, 5) is 16.9. The molecule has 3 unspecified atom stereocenters. The van der Waals surface area contributed by atoms with Gasteiger partial charge in [-0.3, -0.25) is 4.79 Å². The quantitative estimate of drug-likeness (QED) is 0.763. The van der Waals surface area contributed by atoms with Crippen molar-refractivity contribution in [3.05, 3.63) is 0 Å². The van der Waals surface area contributed by atoms with E-state index >= 15 is 0 Å². The van der Waals surface area contributed by atoms with Gasteiger partial charge in [-0.05, 0) is 45.8 Å². The Kier molecular flexibility index (Phi) is 5.40.